The molecule has 1 aliphatic heterocycles. The third-order valence-corrected chi connectivity index (χ3v) is 3.34. The lowest BCUT2D eigenvalue weighted by Gasteiger charge is -2.33. The topological polar surface area (TPSA) is 72.1 Å². The molecule has 2 heterocycles. The molecule has 1 aliphatic rings. The minimum atomic E-state index is 0.0548. The van der Waals surface area contributed by atoms with Crippen molar-refractivity contribution in [3.8, 4) is 0 Å². The number of amides is 1. The van der Waals surface area contributed by atoms with Gasteiger partial charge in [0, 0.05) is 31.1 Å². The average molecular weight is 248 g/mol. The van der Waals surface area contributed by atoms with Gasteiger partial charge in [-0.1, -0.05) is 13.8 Å². The third-order valence-electron chi connectivity index (χ3n) is 3.34. The van der Waals surface area contributed by atoms with Crippen LogP contribution < -0.4 is 5.73 Å². The molecule has 98 valence electrons. The molecular formula is C13H20N4O. The predicted molar refractivity (Wildman–Crippen MR) is 69.8 cm³/mol. The lowest BCUT2D eigenvalue weighted by atomic mass is 9.94. The molecule has 0 spiro atoms. The molecule has 5 nitrogen and oxygen atoms in total. The van der Waals surface area contributed by atoms with E-state index in [-0.39, 0.29) is 17.7 Å². The van der Waals surface area contributed by atoms with Crippen LogP contribution in [0.5, 0.6) is 0 Å². The number of carbonyl (C=O) groups is 1. The average Bonchev–Trinajstić information content (AvgIpc) is 2.38. The van der Waals surface area contributed by atoms with E-state index in [4.69, 9.17) is 5.73 Å². The zero-order valence-corrected chi connectivity index (χ0v) is 11.0. The van der Waals surface area contributed by atoms with E-state index in [1.807, 2.05) is 24.8 Å². The first-order valence-electron chi connectivity index (χ1n) is 6.45. The van der Waals surface area contributed by atoms with E-state index in [1.165, 1.54) is 0 Å². The minimum Gasteiger partial charge on any atom is -0.368 e. The van der Waals surface area contributed by atoms with Crippen LogP contribution in [0.1, 0.15) is 38.3 Å². The second-order valence-corrected chi connectivity index (χ2v) is 5.12. The summed E-state index contributed by atoms with van der Waals surface area (Å²) in [4.78, 5) is 22.1. The number of anilines is 1. The Morgan fingerprint density at radius 3 is 3.00 bits per heavy atom. The van der Waals surface area contributed by atoms with E-state index >= 15 is 0 Å². The van der Waals surface area contributed by atoms with Gasteiger partial charge < -0.3 is 10.6 Å². The summed E-state index contributed by atoms with van der Waals surface area (Å²) in [5.74, 6) is 0.868. The van der Waals surface area contributed by atoms with Crippen LogP contribution in [-0.2, 0) is 4.79 Å². The van der Waals surface area contributed by atoms with E-state index in [0.717, 1.165) is 31.6 Å². The molecule has 1 amide bonds. The largest absolute Gasteiger partial charge is 0.368 e. The quantitative estimate of drug-likeness (QED) is 0.859. The number of nitrogens with zero attached hydrogens (tertiary/aromatic N) is 3. The van der Waals surface area contributed by atoms with Crippen molar-refractivity contribution in [2.75, 3.05) is 18.8 Å². The van der Waals surface area contributed by atoms with Gasteiger partial charge in [-0.25, -0.2) is 9.97 Å². The first-order valence-corrected chi connectivity index (χ1v) is 6.45. The summed E-state index contributed by atoms with van der Waals surface area (Å²) in [5.41, 5.74) is 6.55. The minimum absolute atomic E-state index is 0.0548. The number of likely N-dealkylation sites (tertiary alicyclic amines) is 1. The number of hydrogen-bond acceptors (Lipinski definition) is 4. The van der Waals surface area contributed by atoms with Gasteiger partial charge >= 0.3 is 0 Å². The van der Waals surface area contributed by atoms with E-state index in [0.29, 0.717) is 5.95 Å². The Hall–Kier alpha value is -1.65. The maximum absolute atomic E-state index is 12.0. The Labute approximate surface area is 107 Å². The van der Waals surface area contributed by atoms with Crippen molar-refractivity contribution in [1.29, 1.82) is 0 Å². The van der Waals surface area contributed by atoms with Gasteiger partial charge in [-0.15, -0.1) is 0 Å². The standard InChI is InChI=1S/C13H20N4O/c1-9(2)12(18)17-7-3-4-10(8-17)11-5-6-15-13(14)16-11/h5-6,9-10H,3-4,7-8H2,1-2H3,(H2,14,15,16)/t10-/m1/s1. The third kappa shape index (κ3) is 2.78. The summed E-state index contributed by atoms with van der Waals surface area (Å²) in [6, 6.07) is 1.89. The van der Waals surface area contributed by atoms with Crippen molar-refractivity contribution in [3.05, 3.63) is 18.0 Å². The van der Waals surface area contributed by atoms with E-state index in [1.54, 1.807) is 6.20 Å². The lowest BCUT2D eigenvalue weighted by Crippen LogP contribution is -2.41. The van der Waals surface area contributed by atoms with Crippen molar-refractivity contribution >= 4 is 11.9 Å². The van der Waals surface area contributed by atoms with Crippen molar-refractivity contribution in [2.24, 2.45) is 5.92 Å². The summed E-state index contributed by atoms with van der Waals surface area (Å²) < 4.78 is 0. The van der Waals surface area contributed by atoms with Gasteiger partial charge in [-0.2, -0.15) is 0 Å². The maximum Gasteiger partial charge on any atom is 0.225 e. The molecular weight excluding hydrogens is 228 g/mol. The molecule has 0 bridgehead atoms. The normalized spacial score (nSPS) is 20.2. The first kappa shape index (κ1) is 12.8. The fraction of sp³-hybridized carbons (Fsp3) is 0.615. The van der Waals surface area contributed by atoms with Crippen LogP contribution in [0.25, 0.3) is 0 Å². The Kier molecular flexibility index (Phi) is 3.79. The van der Waals surface area contributed by atoms with Crippen LogP contribution in [-0.4, -0.2) is 33.9 Å². The molecule has 1 atom stereocenters. The van der Waals surface area contributed by atoms with Gasteiger partial charge in [0.15, 0.2) is 0 Å². The number of nitrogens with two attached hydrogens (primary N) is 1. The van der Waals surface area contributed by atoms with Gasteiger partial charge in [0.1, 0.15) is 0 Å². The summed E-state index contributed by atoms with van der Waals surface area (Å²) >= 11 is 0. The van der Waals surface area contributed by atoms with E-state index < -0.39 is 0 Å². The van der Waals surface area contributed by atoms with E-state index in [2.05, 4.69) is 9.97 Å². The molecule has 2 rings (SSSR count). The highest BCUT2D eigenvalue weighted by molar-refractivity contribution is 5.78. The fourth-order valence-electron chi connectivity index (χ4n) is 2.40. The number of piperidine rings is 1. The summed E-state index contributed by atoms with van der Waals surface area (Å²) in [6.07, 6.45) is 3.76. The predicted octanol–water partition coefficient (Wildman–Crippen LogP) is 1.42. The van der Waals surface area contributed by atoms with Crippen LogP contribution in [0.2, 0.25) is 0 Å². The van der Waals surface area contributed by atoms with Crippen LogP contribution >= 0.6 is 0 Å². The monoisotopic (exact) mass is 248 g/mol. The summed E-state index contributed by atoms with van der Waals surface area (Å²) in [7, 11) is 0. The SMILES string of the molecule is CC(C)C(=O)N1CCC[C@@H](c2ccnc(N)n2)C1. The zero-order valence-electron chi connectivity index (χ0n) is 11.0. The Morgan fingerprint density at radius 2 is 2.33 bits per heavy atom. The number of rotatable bonds is 2. The number of nitrogen functional groups attached to an aromatic ring is 1. The summed E-state index contributed by atoms with van der Waals surface area (Å²) in [5, 5.41) is 0. The molecule has 1 saturated heterocycles. The van der Waals surface area contributed by atoms with Crippen LogP contribution in [0.4, 0.5) is 5.95 Å². The van der Waals surface area contributed by atoms with E-state index in [9.17, 15) is 4.79 Å². The molecule has 1 fully saturated rings. The van der Waals surface area contributed by atoms with Crippen molar-refractivity contribution < 1.29 is 4.79 Å². The van der Waals surface area contributed by atoms with Crippen molar-refractivity contribution in [1.82, 2.24) is 14.9 Å². The molecule has 0 aliphatic carbocycles. The molecule has 0 unspecified atom stereocenters. The maximum atomic E-state index is 12.0. The molecule has 1 aromatic heterocycles. The Balaban J connectivity index is 2.09. The summed E-state index contributed by atoms with van der Waals surface area (Å²) in [6.45, 7) is 5.48. The highest BCUT2D eigenvalue weighted by atomic mass is 16.2. The first-order chi connectivity index (χ1) is 8.58. The highest BCUT2D eigenvalue weighted by Crippen LogP contribution is 2.26. The van der Waals surface area contributed by atoms with Gasteiger partial charge in [0.2, 0.25) is 11.9 Å². The van der Waals surface area contributed by atoms with Crippen LogP contribution in [0, 0.1) is 5.92 Å². The number of aromatic nitrogens is 2. The van der Waals surface area contributed by atoms with Crippen molar-refractivity contribution in [2.45, 2.75) is 32.6 Å². The number of carbonyl (C=O) groups excluding carboxylic acids is 1. The van der Waals surface area contributed by atoms with Crippen LogP contribution in [0.3, 0.4) is 0 Å². The highest BCUT2D eigenvalue weighted by Gasteiger charge is 2.26. The van der Waals surface area contributed by atoms with Gasteiger partial charge in [0.05, 0.1) is 5.69 Å². The van der Waals surface area contributed by atoms with Gasteiger partial charge in [0.25, 0.3) is 0 Å². The molecule has 0 aromatic carbocycles. The van der Waals surface area contributed by atoms with Crippen molar-refractivity contribution in [3.63, 3.8) is 0 Å². The lowest BCUT2D eigenvalue weighted by molar-refractivity contribution is -0.135. The molecule has 0 saturated carbocycles. The Morgan fingerprint density at radius 1 is 1.56 bits per heavy atom. The fourth-order valence-corrected chi connectivity index (χ4v) is 2.40. The Bertz CT molecular complexity index is 433. The molecule has 2 N–H and O–H groups in total. The smallest absolute Gasteiger partial charge is 0.225 e. The molecule has 18 heavy (non-hydrogen) atoms. The second kappa shape index (κ2) is 5.33. The zero-order chi connectivity index (χ0) is 13.1. The van der Waals surface area contributed by atoms with Gasteiger partial charge in [-0.3, -0.25) is 4.79 Å². The molecule has 0 radical (unpaired) electrons. The molecule has 5 heteroatoms. The van der Waals surface area contributed by atoms with Gasteiger partial charge in [-0.05, 0) is 18.9 Å². The van der Waals surface area contributed by atoms with Crippen LogP contribution in [0.15, 0.2) is 12.3 Å². The second-order valence-electron chi connectivity index (χ2n) is 5.12. The number of hydrogen-bond donors (Lipinski definition) is 1. The molecule has 1 aromatic rings.